The predicted molar refractivity (Wildman–Crippen MR) is 74.9 cm³/mol. The Morgan fingerprint density at radius 1 is 1.38 bits per heavy atom. The summed E-state index contributed by atoms with van der Waals surface area (Å²) in [4.78, 5) is 33.2. The van der Waals surface area contributed by atoms with Gasteiger partial charge in [0, 0.05) is 22.8 Å². The molecule has 8 heteroatoms. The van der Waals surface area contributed by atoms with Crippen molar-refractivity contribution in [3.63, 3.8) is 0 Å². The monoisotopic (exact) mass is 308 g/mol. The molecule has 21 heavy (non-hydrogen) atoms. The van der Waals surface area contributed by atoms with Crippen LogP contribution in [-0.2, 0) is 6.54 Å². The van der Waals surface area contributed by atoms with Gasteiger partial charge in [0.05, 0.1) is 11.5 Å². The summed E-state index contributed by atoms with van der Waals surface area (Å²) in [7, 11) is 0. The molecule has 1 N–H and O–H groups in total. The standard InChI is InChI=1S/C13H9ClN2O5/c14-9-4-3-8(11(6-9)16(20)21)7-15-5-1-2-10(12(15)17)13(18)19/h1-6H,7H2,(H,18,19). The van der Waals surface area contributed by atoms with Gasteiger partial charge in [0.25, 0.3) is 11.2 Å². The molecule has 0 atom stereocenters. The lowest BCUT2D eigenvalue weighted by atomic mass is 10.1. The summed E-state index contributed by atoms with van der Waals surface area (Å²) in [6, 6.07) is 6.66. The third kappa shape index (κ3) is 3.09. The molecule has 0 amide bonds. The van der Waals surface area contributed by atoms with Crippen LogP contribution in [0.2, 0.25) is 5.02 Å². The number of aromatic carboxylic acids is 1. The number of carboxylic acids is 1. The molecule has 0 aliphatic rings. The summed E-state index contributed by atoms with van der Waals surface area (Å²) in [5.74, 6) is -1.35. The Morgan fingerprint density at radius 3 is 2.71 bits per heavy atom. The molecule has 1 aromatic carbocycles. The van der Waals surface area contributed by atoms with Gasteiger partial charge in [0.1, 0.15) is 5.56 Å². The lowest BCUT2D eigenvalue weighted by Gasteiger charge is -2.07. The molecule has 0 bridgehead atoms. The molecule has 0 aliphatic carbocycles. The number of rotatable bonds is 4. The molecule has 1 aromatic heterocycles. The fourth-order valence-electron chi connectivity index (χ4n) is 1.85. The molecule has 0 radical (unpaired) electrons. The van der Waals surface area contributed by atoms with E-state index < -0.39 is 22.0 Å². The molecule has 108 valence electrons. The molecule has 2 rings (SSSR count). The Bertz CT molecular complexity index is 784. The van der Waals surface area contributed by atoms with Crippen LogP contribution in [0.25, 0.3) is 0 Å². The van der Waals surface area contributed by atoms with E-state index in [0.29, 0.717) is 0 Å². The lowest BCUT2D eigenvalue weighted by Crippen LogP contribution is -2.26. The number of aromatic nitrogens is 1. The number of nitro benzene ring substituents is 1. The van der Waals surface area contributed by atoms with E-state index in [4.69, 9.17) is 16.7 Å². The van der Waals surface area contributed by atoms with Crippen LogP contribution in [0.5, 0.6) is 0 Å². The lowest BCUT2D eigenvalue weighted by molar-refractivity contribution is -0.385. The number of carbonyl (C=O) groups is 1. The predicted octanol–water partition coefficient (Wildman–Crippen LogP) is 2.16. The van der Waals surface area contributed by atoms with Crippen LogP contribution in [0.4, 0.5) is 5.69 Å². The van der Waals surface area contributed by atoms with Crippen LogP contribution < -0.4 is 5.56 Å². The van der Waals surface area contributed by atoms with Crippen LogP contribution >= 0.6 is 11.6 Å². The van der Waals surface area contributed by atoms with Crippen molar-refractivity contribution in [3.8, 4) is 0 Å². The van der Waals surface area contributed by atoms with E-state index in [1.54, 1.807) is 0 Å². The highest BCUT2D eigenvalue weighted by atomic mass is 35.5. The van der Waals surface area contributed by atoms with Crippen molar-refractivity contribution in [2.24, 2.45) is 0 Å². The Kier molecular flexibility index (Phi) is 4.04. The summed E-state index contributed by atoms with van der Waals surface area (Å²) in [6.07, 6.45) is 1.37. The van der Waals surface area contributed by atoms with Crippen LogP contribution in [0.3, 0.4) is 0 Å². The van der Waals surface area contributed by atoms with Crippen molar-refractivity contribution in [3.05, 3.63) is 73.1 Å². The highest BCUT2D eigenvalue weighted by Crippen LogP contribution is 2.23. The smallest absolute Gasteiger partial charge is 0.341 e. The molecule has 1 heterocycles. The highest BCUT2D eigenvalue weighted by molar-refractivity contribution is 6.30. The van der Waals surface area contributed by atoms with Gasteiger partial charge >= 0.3 is 5.97 Å². The number of hydrogen-bond acceptors (Lipinski definition) is 4. The molecule has 0 saturated heterocycles. The first-order valence-corrected chi connectivity index (χ1v) is 6.13. The minimum absolute atomic E-state index is 0.118. The fourth-order valence-corrected chi connectivity index (χ4v) is 2.01. The van der Waals surface area contributed by atoms with Gasteiger partial charge in [-0.2, -0.15) is 0 Å². The largest absolute Gasteiger partial charge is 0.477 e. The molecule has 0 fully saturated rings. The average molecular weight is 309 g/mol. The summed E-state index contributed by atoms with van der Waals surface area (Å²) in [6.45, 7) is -0.118. The first-order valence-electron chi connectivity index (χ1n) is 5.75. The first kappa shape index (κ1) is 14.7. The number of hydrogen-bond donors (Lipinski definition) is 1. The van der Waals surface area contributed by atoms with Crippen molar-refractivity contribution in [2.45, 2.75) is 6.54 Å². The molecule has 0 saturated carbocycles. The van der Waals surface area contributed by atoms with E-state index in [-0.39, 0.29) is 22.8 Å². The van der Waals surface area contributed by atoms with Crippen molar-refractivity contribution < 1.29 is 14.8 Å². The number of halogens is 1. The molecule has 2 aromatic rings. The topological polar surface area (TPSA) is 102 Å². The van der Waals surface area contributed by atoms with Crippen molar-refractivity contribution >= 4 is 23.3 Å². The summed E-state index contributed by atoms with van der Waals surface area (Å²) < 4.78 is 1.10. The van der Waals surface area contributed by atoms with Gasteiger partial charge in [0.2, 0.25) is 0 Å². The van der Waals surface area contributed by atoms with Gasteiger partial charge in [-0.15, -0.1) is 0 Å². The molecular weight excluding hydrogens is 300 g/mol. The van der Waals surface area contributed by atoms with E-state index in [1.807, 2.05) is 0 Å². The molecule has 0 spiro atoms. The zero-order valence-electron chi connectivity index (χ0n) is 10.5. The Labute approximate surface area is 123 Å². The van der Waals surface area contributed by atoms with Gasteiger partial charge in [-0.1, -0.05) is 11.6 Å². The maximum absolute atomic E-state index is 11.9. The third-order valence-corrected chi connectivity index (χ3v) is 3.07. The SMILES string of the molecule is O=C(O)c1cccn(Cc2ccc(Cl)cc2[N+](=O)[O-])c1=O. The van der Waals surface area contributed by atoms with Gasteiger partial charge in [-0.3, -0.25) is 14.9 Å². The molecule has 0 aliphatic heterocycles. The number of carboxylic acid groups (broad SMARTS) is 1. The van der Waals surface area contributed by atoms with E-state index in [1.165, 1.54) is 36.5 Å². The van der Waals surface area contributed by atoms with Crippen LogP contribution in [0.15, 0.2) is 41.3 Å². The Hall–Kier alpha value is -2.67. The number of nitro groups is 1. The van der Waals surface area contributed by atoms with E-state index in [0.717, 1.165) is 4.57 Å². The van der Waals surface area contributed by atoms with Crippen molar-refractivity contribution in [2.75, 3.05) is 0 Å². The molecule has 7 nitrogen and oxygen atoms in total. The van der Waals surface area contributed by atoms with Crippen LogP contribution in [0.1, 0.15) is 15.9 Å². The number of benzene rings is 1. The van der Waals surface area contributed by atoms with E-state index in [2.05, 4.69) is 0 Å². The normalized spacial score (nSPS) is 10.3. The Morgan fingerprint density at radius 2 is 2.10 bits per heavy atom. The molecular formula is C13H9ClN2O5. The number of pyridine rings is 1. The third-order valence-electron chi connectivity index (χ3n) is 2.84. The summed E-state index contributed by atoms with van der Waals surface area (Å²) in [5.41, 5.74) is -1.09. The van der Waals surface area contributed by atoms with E-state index in [9.17, 15) is 19.7 Å². The summed E-state index contributed by atoms with van der Waals surface area (Å²) in [5, 5.41) is 20.1. The number of nitrogens with zero attached hydrogens (tertiary/aromatic N) is 2. The first-order chi connectivity index (χ1) is 9.90. The molecule has 0 unspecified atom stereocenters. The van der Waals surface area contributed by atoms with Crippen LogP contribution in [-0.4, -0.2) is 20.6 Å². The minimum Gasteiger partial charge on any atom is -0.477 e. The van der Waals surface area contributed by atoms with Crippen molar-refractivity contribution in [1.82, 2.24) is 4.57 Å². The van der Waals surface area contributed by atoms with Crippen molar-refractivity contribution in [1.29, 1.82) is 0 Å². The van der Waals surface area contributed by atoms with E-state index >= 15 is 0 Å². The zero-order chi connectivity index (χ0) is 15.6. The van der Waals surface area contributed by atoms with Crippen LogP contribution in [0, 0.1) is 10.1 Å². The van der Waals surface area contributed by atoms with Gasteiger partial charge in [-0.05, 0) is 24.3 Å². The average Bonchev–Trinajstić information content (AvgIpc) is 2.42. The minimum atomic E-state index is -1.35. The second-order valence-electron chi connectivity index (χ2n) is 4.19. The summed E-state index contributed by atoms with van der Waals surface area (Å²) >= 11 is 5.71. The zero-order valence-corrected chi connectivity index (χ0v) is 11.3. The maximum atomic E-state index is 11.9. The quantitative estimate of drug-likeness (QED) is 0.688. The van der Waals surface area contributed by atoms with Gasteiger partial charge < -0.3 is 9.67 Å². The maximum Gasteiger partial charge on any atom is 0.341 e. The Balaban J connectivity index is 2.49. The van der Waals surface area contributed by atoms with Gasteiger partial charge in [0.15, 0.2) is 0 Å². The fraction of sp³-hybridized carbons (Fsp3) is 0.0769. The second kappa shape index (κ2) is 5.76. The van der Waals surface area contributed by atoms with Gasteiger partial charge in [-0.25, -0.2) is 4.79 Å². The second-order valence-corrected chi connectivity index (χ2v) is 4.63. The highest BCUT2D eigenvalue weighted by Gasteiger charge is 2.16.